The average molecular weight is 273 g/mol. The molecule has 0 radical (unpaired) electrons. The normalized spacial score (nSPS) is 10.9. The highest BCUT2D eigenvalue weighted by Crippen LogP contribution is 2.21. The van der Waals surface area contributed by atoms with E-state index in [1.165, 1.54) is 0 Å². The number of rotatable bonds is 2. The minimum atomic E-state index is 0.574. The number of H-pyrrole nitrogens is 1. The predicted molar refractivity (Wildman–Crippen MR) is 80.4 cm³/mol. The summed E-state index contributed by atoms with van der Waals surface area (Å²) in [6, 6.07) is 13.8. The van der Waals surface area contributed by atoms with Crippen molar-refractivity contribution in [3.8, 4) is 23.0 Å². The molecule has 100 valence electrons. The smallest absolute Gasteiger partial charge is 0.195 e. The van der Waals surface area contributed by atoms with Gasteiger partial charge in [0, 0.05) is 17.8 Å². The number of para-hydroxylation sites is 1. The predicted octanol–water partition coefficient (Wildman–Crippen LogP) is 3.08. The van der Waals surface area contributed by atoms with E-state index >= 15 is 0 Å². The molecule has 0 bridgehead atoms. The largest absolute Gasteiger partial charge is 0.334 e. The molecule has 4 aromatic rings. The molecule has 0 amide bonds. The van der Waals surface area contributed by atoms with E-state index in [1.54, 1.807) is 24.7 Å². The van der Waals surface area contributed by atoms with E-state index in [2.05, 4.69) is 31.0 Å². The highest BCUT2D eigenvalue weighted by molar-refractivity contribution is 5.81. The number of nitrogens with zero attached hydrogens (tertiary/aromatic N) is 4. The van der Waals surface area contributed by atoms with E-state index in [0.717, 1.165) is 22.3 Å². The van der Waals surface area contributed by atoms with Gasteiger partial charge in [0.05, 0.1) is 23.1 Å². The molecular weight excluding hydrogens is 262 g/mol. The second-order valence-electron chi connectivity index (χ2n) is 4.61. The van der Waals surface area contributed by atoms with E-state index in [4.69, 9.17) is 0 Å². The Labute approximate surface area is 120 Å². The Morgan fingerprint density at radius 1 is 0.810 bits per heavy atom. The Balaban J connectivity index is 1.77. The van der Waals surface area contributed by atoms with E-state index in [-0.39, 0.29) is 0 Å². The topological polar surface area (TPSA) is 67.3 Å². The fourth-order valence-electron chi connectivity index (χ4n) is 2.20. The quantitative estimate of drug-likeness (QED) is 0.609. The van der Waals surface area contributed by atoms with Crippen LogP contribution >= 0.6 is 0 Å². The van der Waals surface area contributed by atoms with Crippen LogP contribution in [0.3, 0.4) is 0 Å². The zero-order valence-electron chi connectivity index (χ0n) is 11.1. The first kappa shape index (κ1) is 11.7. The van der Waals surface area contributed by atoms with Gasteiger partial charge in [-0.3, -0.25) is 0 Å². The fourth-order valence-corrected chi connectivity index (χ4v) is 2.20. The fraction of sp³-hybridized carbons (Fsp3) is 0. The van der Waals surface area contributed by atoms with Crippen LogP contribution in [0.15, 0.2) is 61.1 Å². The van der Waals surface area contributed by atoms with Crippen LogP contribution in [-0.2, 0) is 0 Å². The second-order valence-corrected chi connectivity index (χ2v) is 4.61. The number of hydrogen-bond acceptors (Lipinski definition) is 4. The molecule has 0 saturated heterocycles. The maximum atomic E-state index is 4.64. The third-order valence-corrected chi connectivity index (χ3v) is 3.23. The molecular formula is C16H11N5. The lowest BCUT2D eigenvalue weighted by Gasteiger charge is -2.00. The third kappa shape index (κ3) is 2.14. The molecule has 5 heteroatoms. The second kappa shape index (κ2) is 4.79. The van der Waals surface area contributed by atoms with Crippen LogP contribution in [0.25, 0.3) is 33.9 Å². The molecule has 4 rings (SSSR count). The molecule has 1 aromatic carbocycles. The monoisotopic (exact) mass is 273 g/mol. The summed E-state index contributed by atoms with van der Waals surface area (Å²) in [5.74, 6) is 1.21. The summed E-state index contributed by atoms with van der Waals surface area (Å²) in [5, 5.41) is 1.12. The lowest BCUT2D eigenvalue weighted by Crippen LogP contribution is -1.89. The molecule has 0 aliphatic heterocycles. The van der Waals surface area contributed by atoms with Crippen LogP contribution in [0.1, 0.15) is 0 Å². The van der Waals surface area contributed by atoms with Gasteiger partial charge >= 0.3 is 0 Å². The Morgan fingerprint density at radius 2 is 1.67 bits per heavy atom. The zero-order chi connectivity index (χ0) is 14.1. The zero-order valence-corrected chi connectivity index (χ0v) is 11.1. The number of aromatic amines is 1. The van der Waals surface area contributed by atoms with E-state index < -0.39 is 0 Å². The first-order valence-corrected chi connectivity index (χ1v) is 6.59. The summed E-state index contributed by atoms with van der Waals surface area (Å²) in [4.78, 5) is 20.5. The molecule has 0 aliphatic rings. The Kier molecular flexibility index (Phi) is 2.67. The molecule has 5 nitrogen and oxygen atoms in total. The first-order valence-electron chi connectivity index (χ1n) is 6.59. The number of pyridine rings is 1. The van der Waals surface area contributed by atoms with E-state index in [9.17, 15) is 0 Å². The first-order chi connectivity index (χ1) is 10.4. The molecule has 0 atom stereocenters. The number of imidazole rings is 1. The van der Waals surface area contributed by atoms with Gasteiger partial charge in [0.1, 0.15) is 0 Å². The van der Waals surface area contributed by atoms with Crippen molar-refractivity contribution in [1.29, 1.82) is 0 Å². The molecule has 1 N–H and O–H groups in total. The van der Waals surface area contributed by atoms with Crippen LogP contribution in [0, 0.1) is 0 Å². The van der Waals surface area contributed by atoms with Gasteiger partial charge in [-0.15, -0.1) is 0 Å². The van der Waals surface area contributed by atoms with Crippen LogP contribution in [-0.4, -0.2) is 24.9 Å². The molecule has 21 heavy (non-hydrogen) atoms. The van der Waals surface area contributed by atoms with Crippen molar-refractivity contribution in [3.63, 3.8) is 0 Å². The third-order valence-electron chi connectivity index (χ3n) is 3.23. The molecule has 0 aliphatic carbocycles. The summed E-state index contributed by atoms with van der Waals surface area (Å²) >= 11 is 0. The van der Waals surface area contributed by atoms with Gasteiger partial charge in [0.15, 0.2) is 11.6 Å². The Bertz CT molecular complexity index is 899. The highest BCUT2D eigenvalue weighted by Gasteiger charge is 2.08. The van der Waals surface area contributed by atoms with Crippen molar-refractivity contribution in [2.45, 2.75) is 0 Å². The summed E-state index contributed by atoms with van der Waals surface area (Å²) in [7, 11) is 0. The van der Waals surface area contributed by atoms with Gasteiger partial charge in [0.2, 0.25) is 0 Å². The molecule has 3 aromatic heterocycles. The SMILES string of the molecule is c1cnc(-c2ncc(-c3ccc4ccccc4n3)[nH]2)nc1. The van der Waals surface area contributed by atoms with Crippen molar-refractivity contribution in [2.75, 3.05) is 0 Å². The highest BCUT2D eigenvalue weighted by atomic mass is 15.0. The molecule has 0 spiro atoms. The van der Waals surface area contributed by atoms with Gasteiger partial charge in [-0.2, -0.15) is 0 Å². The lowest BCUT2D eigenvalue weighted by molar-refractivity contribution is 1.12. The minimum Gasteiger partial charge on any atom is -0.334 e. The maximum absolute atomic E-state index is 4.64. The van der Waals surface area contributed by atoms with Crippen LogP contribution in [0.5, 0.6) is 0 Å². The van der Waals surface area contributed by atoms with Crippen LogP contribution < -0.4 is 0 Å². The number of benzene rings is 1. The van der Waals surface area contributed by atoms with Crippen molar-refractivity contribution in [1.82, 2.24) is 24.9 Å². The van der Waals surface area contributed by atoms with Crippen LogP contribution in [0.2, 0.25) is 0 Å². The number of aromatic nitrogens is 5. The number of hydrogen-bond donors (Lipinski definition) is 1. The molecule has 0 saturated carbocycles. The standard InChI is InChI=1S/C16H11N5/c1-2-5-12-11(4-1)6-7-13(20-12)14-10-19-16(21-14)15-17-8-3-9-18-15/h1-10H,(H,19,21). The van der Waals surface area contributed by atoms with E-state index in [1.807, 2.05) is 30.3 Å². The number of fused-ring (bicyclic) bond motifs is 1. The lowest BCUT2D eigenvalue weighted by atomic mass is 10.2. The number of nitrogens with one attached hydrogen (secondary N) is 1. The van der Waals surface area contributed by atoms with Gasteiger partial charge in [0.25, 0.3) is 0 Å². The Morgan fingerprint density at radius 3 is 2.57 bits per heavy atom. The molecule has 0 unspecified atom stereocenters. The van der Waals surface area contributed by atoms with Crippen LogP contribution in [0.4, 0.5) is 0 Å². The summed E-state index contributed by atoms with van der Waals surface area (Å²) in [6.45, 7) is 0. The molecule has 0 fully saturated rings. The molecule has 3 heterocycles. The summed E-state index contributed by atoms with van der Waals surface area (Å²) in [6.07, 6.45) is 5.14. The van der Waals surface area contributed by atoms with Gasteiger partial charge in [-0.25, -0.2) is 19.9 Å². The maximum Gasteiger partial charge on any atom is 0.195 e. The van der Waals surface area contributed by atoms with Crippen molar-refractivity contribution in [2.24, 2.45) is 0 Å². The van der Waals surface area contributed by atoms with E-state index in [0.29, 0.717) is 11.6 Å². The van der Waals surface area contributed by atoms with Crippen molar-refractivity contribution in [3.05, 3.63) is 61.1 Å². The minimum absolute atomic E-state index is 0.574. The van der Waals surface area contributed by atoms with Gasteiger partial charge < -0.3 is 4.98 Å². The summed E-state index contributed by atoms with van der Waals surface area (Å²) < 4.78 is 0. The van der Waals surface area contributed by atoms with Crippen molar-refractivity contribution >= 4 is 10.9 Å². The Hall–Kier alpha value is -3.08. The average Bonchev–Trinajstić information content (AvgIpc) is 3.05. The van der Waals surface area contributed by atoms with Crippen molar-refractivity contribution < 1.29 is 0 Å². The van der Waals surface area contributed by atoms with Gasteiger partial charge in [-0.05, 0) is 18.2 Å². The van der Waals surface area contributed by atoms with Gasteiger partial charge in [-0.1, -0.05) is 24.3 Å². The summed E-state index contributed by atoms with van der Waals surface area (Å²) in [5.41, 5.74) is 2.66.